The number of sulfonamides is 1. The molecule has 2 N–H and O–H groups in total. The number of carbonyl (C=O) groups excluding carboxylic acids is 1. The van der Waals surface area contributed by atoms with Crippen molar-refractivity contribution >= 4 is 33.4 Å². The van der Waals surface area contributed by atoms with Gasteiger partial charge >= 0.3 is 0 Å². The Morgan fingerprint density at radius 2 is 1.77 bits per heavy atom. The van der Waals surface area contributed by atoms with E-state index in [2.05, 4.69) is 10.0 Å². The maximum atomic E-state index is 12.3. The van der Waals surface area contributed by atoms with Crippen molar-refractivity contribution in [1.29, 1.82) is 0 Å². The van der Waals surface area contributed by atoms with Gasteiger partial charge in [0.25, 0.3) is 5.03 Å². The first-order valence-corrected chi connectivity index (χ1v) is 10.3. The molecule has 1 aromatic carbocycles. The zero-order valence-corrected chi connectivity index (χ0v) is 16.3. The highest BCUT2D eigenvalue weighted by molar-refractivity contribution is 8.00. The second kappa shape index (κ2) is 8.52. The summed E-state index contributed by atoms with van der Waals surface area (Å²) in [6.45, 7) is 5.17. The van der Waals surface area contributed by atoms with Crippen LogP contribution in [0.1, 0.15) is 20.8 Å². The maximum Gasteiger partial charge on any atom is 0.252 e. The van der Waals surface area contributed by atoms with E-state index in [-0.39, 0.29) is 16.8 Å². The molecular weight excluding hydrogens is 374 g/mol. The normalized spacial score (nSPS) is 12.8. The van der Waals surface area contributed by atoms with Crippen molar-refractivity contribution in [2.45, 2.75) is 42.0 Å². The number of thioether (sulfide) groups is 1. The summed E-state index contributed by atoms with van der Waals surface area (Å²) < 4.78 is 27.4. The minimum atomic E-state index is -3.57. The number of pyridine rings is 1. The lowest BCUT2D eigenvalue weighted by Gasteiger charge is -2.13. The molecule has 140 valence electrons. The maximum absolute atomic E-state index is 12.3. The summed E-state index contributed by atoms with van der Waals surface area (Å²) in [6, 6.07) is 10.7. The molecular formula is C17H21N3O4S2. The average Bonchev–Trinajstić information content (AvgIpc) is 2.56. The number of anilines is 1. The fourth-order valence-electron chi connectivity index (χ4n) is 2.08. The molecule has 26 heavy (non-hydrogen) atoms. The highest BCUT2D eigenvalue weighted by atomic mass is 32.2. The van der Waals surface area contributed by atoms with Gasteiger partial charge in [-0.15, -0.1) is 0 Å². The highest BCUT2D eigenvalue weighted by Gasteiger charge is 2.19. The van der Waals surface area contributed by atoms with Gasteiger partial charge in [-0.3, -0.25) is 4.79 Å². The average molecular weight is 396 g/mol. The van der Waals surface area contributed by atoms with Crippen LogP contribution in [-0.2, 0) is 14.8 Å². The fourth-order valence-corrected chi connectivity index (χ4v) is 4.18. The van der Waals surface area contributed by atoms with Gasteiger partial charge in [0.15, 0.2) is 6.20 Å². The van der Waals surface area contributed by atoms with Gasteiger partial charge in [-0.1, -0.05) is 0 Å². The van der Waals surface area contributed by atoms with Gasteiger partial charge in [0, 0.05) is 23.9 Å². The van der Waals surface area contributed by atoms with E-state index in [1.165, 1.54) is 30.5 Å². The SMILES string of the molecule is CC(C)NS(=O)(=O)c1ccc(NC(=O)[C@@H](C)Sc2cccc[n+]2[O-])cc1. The van der Waals surface area contributed by atoms with Crippen molar-refractivity contribution in [1.82, 2.24) is 4.72 Å². The van der Waals surface area contributed by atoms with Crippen LogP contribution in [0.4, 0.5) is 5.69 Å². The Morgan fingerprint density at radius 1 is 1.12 bits per heavy atom. The smallest absolute Gasteiger partial charge is 0.252 e. The first kappa shape index (κ1) is 20.2. The van der Waals surface area contributed by atoms with E-state index in [0.717, 1.165) is 11.8 Å². The molecule has 0 bridgehead atoms. The molecule has 0 saturated heterocycles. The van der Waals surface area contributed by atoms with Crippen LogP contribution < -0.4 is 14.8 Å². The third-order valence-electron chi connectivity index (χ3n) is 3.28. The number of hydrogen-bond donors (Lipinski definition) is 2. The van der Waals surface area contributed by atoms with E-state index in [4.69, 9.17) is 0 Å². The number of benzene rings is 1. The van der Waals surface area contributed by atoms with Crippen LogP contribution in [0, 0.1) is 5.21 Å². The summed E-state index contributed by atoms with van der Waals surface area (Å²) >= 11 is 1.14. The van der Waals surface area contributed by atoms with Crippen molar-refractivity contribution in [2.75, 3.05) is 5.32 Å². The minimum absolute atomic E-state index is 0.128. The molecule has 0 aliphatic carbocycles. The van der Waals surface area contributed by atoms with E-state index in [1.54, 1.807) is 39.0 Å². The molecule has 0 spiro atoms. The number of hydrogen-bond acceptors (Lipinski definition) is 5. The highest BCUT2D eigenvalue weighted by Crippen LogP contribution is 2.21. The Labute approximate surface area is 157 Å². The number of carbonyl (C=O) groups is 1. The summed E-state index contributed by atoms with van der Waals surface area (Å²) in [4.78, 5) is 12.4. The minimum Gasteiger partial charge on any atom is -0.618 e. The van der Waals surface area contributed by atoms with Crippen molar-refractivity contribution in [3.63, 3.8) is 0 Å². The van der Waals surface area contributed by atoms with Crippen LogP contribution in [-0.4, -0.2) is 25.6 Å². The monoisotopic (exact) mass is 395 g/mol. The van der Waals surface area contributed by atoms with Crippen LogP contribution in [0.25, 0.3) is 0 Å². The molecule has 1 amide bonds. The molecule has 2 aromatic rings. The molecule has 1 heterocycles. The molecule has 0 aliphatic heterocycles. The van der Waals surface area contributed by atoms with E-state index in [1.807, 2.05) is 0 Å². The lowest BCUT2D eigenvalue weighted by atomic mass is 10.3. The molecule has 7 nitrogen and oxygen atoms in total. The van der Waals surface area contributed by atoms with Gasteiger partial charge < -0.3 is 10.5 Å². The Hall–Kier alpha value is -2.10. The van der Waals surface area contributed by atoms with Crippen LogP contribution >= 0.6 is 11.8 Å². The van der Waals surface area contributed by atoms with Crippen LogP contribution in [0.5, 0.6) is 0 Å². The first-order chi connectivity index (χ1) is 12.2. The van der Waals surface area contributed by atoms with Gasteiger partial charge in [-0.2, -0.15) is 4.73 Å². The zero-order chi connectivity index (χ0) is 19.3. The Balaban J connectivity index is 2.02. The number of aromatic nitrogens is 1. The second-order valence-corrected chi connectivity index (χ2v) is 8.99. The Kier molecular flexibility index (Phi) is 6.63. The number of rotatable bonds is 7. The van der Waals surface area contributed by atoms with Gasteiger partial charge in [-0.05, 0) is 62.9 Å². The summed E-state index contributed by atoms with van der Waals surface area (Å²) in [5.41, 5.74) is 0.481. The Bertz CT molecular complexity index is 868. The van der Waals surface area contributed by atoms with E-state index < -0.39 is 15.3 Å². The summed E-state index contributed by atoms with van der Waals surface area (Å²) in [5, 5.41) is 14.3. The first-order valence-electron chi connectivity index (χ1n) is 7.97. The molecule has 0 unspecified atom stereocenters. The molecule has 1 atom stereocenters. The predicted octanol–water partition coefficient (Wildman–Crippen LogP) is 2.13. The number of amides is 1. The largest absolute Gasteiger partial charge is 0.618 e. The molecule has 1 aromatic heterocycles. The van der Waals surface area contributed by atoms with Crippen LogP contribution in [0.15, 0.2) is 58.6 Å². The van der Waals surface area contributed by atoms with Crippen molar-refractivity contribution in [3.05, 3.63) is 53.9 Å². The number of nitrogens with zero attached hydrogens (tertiary/aromatic N) is 1. The van der Waals surface area contributed by atoms with E-state index in [0.29, 0.717) is 15.4 Å². The lowest BCUT2D eigenvalue weighted by molar-refractivity contribution is -0.645. The molecule has 2 rings (SSSR count). The van der Waals surface area contributed by atoms with Crippen LogP contribution in [0.3, 0.4) is 0 Å². The summed E-state index contributed by atoms with van der Waals surface area (Å²) in [7, 11) is -3.57. The van der Waals surface area contributed by atoms with Crippen molar-refractivity contribution in [3.8, 4) is 0 Å². The third kappa shape index (κ3) is 5.45. The Morgan fingerprint density at radius 3 is 2.35 bits per heavy atom. The molecule has 0 aliphatic rings. The van der Waals surface area contributed by atoms with E-state index in [9.17, 15) is 18.4 Å². The molecule has 0 saturated carbocycles. The van der Waals surface area contributed by atoms with Crippen LogP contribution in [0.2, 0.25) is 0 Å². The summed E-state index contributed by atoms with van der Waals surface area (Å²) in [5.74, 6) is -0.283. The van der Waals surface area contributed by atoms with Gasteiger partial charge in [-0.25, -0.2) is 13.1 Å². The summed E-state index contributed by atoms with van der Waals surface area (Å²) in [6.07, 6.45) is 1.37. The topological polar surface area (TPSA) is 102 Å². The van der Waals surface area contributed by atoms with Gasteiger partial charge in [0.05, 0.1) is 10.1 Å². The third-order valence-corrected chi connectivity index (χ3v) is 6.08. The lowest BCUT2D eigenvalue weighted by Crippen LogP contribution is -2.31. The van der Waals surface area contributed by atoms with Crippen molar-refractivity contribution in [2.24, 2.45) is 0 Å². The molecule has 0 fully saturated rings. The van der Waals surface area contributed by atoms with E-state index >= 15 is 0 Å². The molecule has 0 radical (unpaired) electrons. The zero-order valence-electron chi connectivity index (χ0n) is 14.7. The predicted molar refractivity (Wildman–Crippen MR) is 101 cm³/mol. The van der Waals surface area contributed by atoms with Crippen molar-refractivity contribution < 1.29 is 17.9 Å². The second-order valence-electron chi connectivity index (χ2n) is 5.91. The quantitative estimate of drug-likeness (QED) is 0.425. The standard InChI is InChI=1S/C17H21N3O4S2/c1-12(2)19-26(23,24)15-9-7-14(8-10-15)18-17(21)13(3)25-16-6-4-5-11-20(16)22/h4-13,19H,1-3H3,(H,18,21)/t13-/m1/s1. The molecule has 9 heteroatoms. The number of nitrogens with one attached hydrogen (secondary N) is 2. The van der Waals surface area contributed by atoms with Gasteiger partial charge in [0.2, 0.25) is 15.9 Å². The van der Waals surface area contributed by atoms with Gasteiger partial charge in [0.1, 0.15) is 0 Å². The fraction of sp³-hybridized carbons (Fsp3) is 0.294.